The predicted molar refractivity (Wildman–Crippen MR) is 95.1 cm³/mol. The summed E-state index contributed by atoms with van der Waals surface area (Å²) >= 11 is 5.93. The van der Waals surface area contributed by atoms with Gasteiger partial charge in [-0.2, -0.15) is 0 Å². The van der Waals surface area contributed by atoms with Crippen LogP contribution in [0.25, 0.3) is 11.0 Å². The van der Waals surface area contributed by atoms with E-state index in [4.69, 9.17) is 0 Å². The van der Waals surface area contributed by atoms with E-state index in [9.17, 15) is 9.59 Å². The number of H-pyrrole nitrogens is 2. The molecule has 1 heterocycles. The minimum absolute atomic E-state index is 0.0225. The van der Waals surface area contributed by atoms with Gasteiger partial charge in [-0.3, -0.25) is 9.59 Å². The molecule has 0 bridgehead atoms. The summed E-state index contributed by atoms with van der Waals surface area (Å²) in [7, 11) is 0. The number of rotatable bonds is 2. The normalized spacial score (nSPS) is 12.5. The number of fused-ring (bicyclic) bond motifs is 1. The molecule has 0 amide bonds. The lowest BCUT2D eigenvalue weighted by atomic mass is 10.0. The molecular formula is C15H10BrIN2O2. The van der Waals surface area contributed by atoms with E-state index in [2.05, 4.69) is 60.6 Å². The van der Waals surface area contributed by atoms with Gasteiger partial charge in [0.1, 0.15) is 0 Å². The maximum Gasteiger partial charge on any atom is 0.314 e. The number of aromatic amines is 2. The quantitative estimate of drug-likeness (QED) is 0.353. The number of hydrogen-bond acceptors (Lipinski definition) is 2. The van der Waals surface area contributed by atoms with Gasteiger partial charge in [0.05, 0.1) is 15.9 Å². The highest BCUT2D eigenvalue weighted by Crippen LogP contribution is 2.31. The molecule has 0 aliphatic carbocycles. The molecule has 1 unspecified atom stereocenters. The van der Waals surface area contributed by atoms with Crippen LogP contribution in [0.15, 0.2) is 52.1 Å². The maximum absolute atomic E-state index is 11.4. The number of alkyl halides is 1. The lowest BCUT2D eigenvalue weighted by Gasteiger charge is -2.11. The Bertz CT molecular complexity index is 915. The minimum Gasteiger partial charge on any atom is -0.316 e. The first-order valence-corrected chi connectivity index (χ1v) is 8.20. The molecule has 106 valence electrons. The van der Waals surface area contributed by atoms with Crippen molar-refractivity contribution in [3.8, 4) is 0 Å². The second-order valence-electron chi connectivity index (χ2n) is 4.63. The Kier molecular flexibility index (Phi) is 3.99. The highest BCUT2D eigenvalue weighted by molar-refractivity contribution is 14.1. The van der Waals surface area contributed by atoms with Crippen LogP contribution in [0.4, 0.5) is 0 Å². The first-order chi connectivity index (χ1) is 10.0. The topological polar surface area (TPSA) is 65.7 Å². The van der Waals surface area contributed by atoms with E-state index >= 15 is 0 Å². The van der Waals surface area contributed by atoms with Crippen LogP contribution in [0.3, 0.4) is 0 Å². The average molecular weight is 457 g/mol. The van der Waals surface area contributed by atoms with Crippen molar-refractivity contribution < 1.29 is 0 Å². The Labute approximate surface area is 141 Å². The molecule has 2 N–H and O–H groups in total. The van der Waals surface area contributed by atoms with Crippen molar-refractivity contribution in [2.45, 2.75) is 4.83 Å². The van der Waals surface area contributed by atoms with E-state index in [1.54, 1.807) is 6.07 Å². The second kappa shape index (κ2) is 5.76. The average Bonchev–Trinajstić information content (AvgIpc) is 2.48. The SMILES string of the molecule is O=c1[nH]c2ccc(C(Br)c3ccc(I)cc3)cc2[nH]c1=O. The zero-order chi connectivity index (χ0) is 15.0. The van der Waals surface area contributed by atoms with E-state index in [-0.39, 0.29) is 4.83 Å². The summed E-state index contributed by atoms with van der Waals surface area (Å²) in [6.07, 6.45) is 0. The van der Waals surface area contributed by atoms with Gasteiger partial charge in [0.15, 0.2) is 0 Å². The highest BCUT2D eigenvalue weighted by atomic mass is 127. The Morgan fingerprint density at radius 2 is 1.43 bits per heavy atom. The minimum atomic E-state index is -0.639. The first-order valence-electron chi connectivity index (χ1n) is 6.20. The van der Waals surface area contributed by atoms with Gasteiger partial charge in [-0.25, -0.2) is 0 Å². The van der Waals surface area contributed by atoms with Gasteiger partial charge in [-0.1, -0.05) is 34.1 Å². The number of nitrogens with one attached hydrogen (secondary N) is 2. The van der Waals surface area contributed by atoms with Crippen LogP contribution in [0.5, 0.6) is 0 Å². The Morgan fingerprint density at radius 1 is 0.857 bits per heavy atom. The van der Waals surface area contributed by atoms with Crippen LogP contribution in [0.2, 0.25) is 0 Å². The van der Waals surface area contributed by atoms with Gasteiger partial charge >= 0.3 is 11.1 Å². The molecule has 1 atom stereocenters. The third-order valence-corrected chi connectivity index (χ3v) is 4.98. The first kappa shape index (κ1) is 14.5. The third kappa shape index (κ3) is 2.96. The van der Waals surface area contributed by atoms with E-state index in [0.717, 1.165) is 11.1 Å². The van der Waals surface area contributed by atoms with Crippen molar-refractivity contribution in [3.05, 3.63) is 77.9 Å². The van der Waals surface area contributed by atoms with Crippen molar-refractivity contribution in [3.63, 3.8) is 0 Å². The largest absolute Gasteiger partial charge is 0.316 e. The summed E-state index contributed by atoms with van der Waals surface area (Å²) in [6, 6.07) is 13.8. The van der Waals surface area contributed by atoms with Crippen molar-refractivity contribution in [2.75, 3.05) is 0 Å². The van der Waals surface area contributed by atoms with Gasteiger partial charge in [0.2, 0.25) is 0 Å². The monoisotopic (exact) mass is 456 g/mol. The van der Waals surface area contributed by atoms with E-state index in [1.807, 2.05) is 24.3 Å². The highest BCUT2D eigenvalue weighted by Gasteiger charge is 2.11. The summed E-state index contributed by atoms with van der Waals surface area (Å²) in [5, 5.41) is 0. The summed E-state index contributed by atoms with van der Waals surface area (Å²) in [6.45, 7) is 0. The number of benzene rings is 2. The molecule has 2 aromatic carbocycles. The maximum atomic E-state index is 11.4. The fourth-order valence-electron chi connectivity index (χ4n) is 2.11. The molecule has 1 aromatic heterocycles. The summed E-state index contributed by atoms with van der Waals surface area (Å²) in [5.74, 6) is 0. The molecule has 0 fully saturated rings. The molecule has 4 nitrogen and oxygen atoms in total. The van der Waals surface area contributed by atoms with Crippen LogP contribution < -0.4 is 11.1 Å². The summed E-state index contributed by atoms with van der Waals surface area (Å²) in [4.78, 5) is 27.9. The summed E-state index contributed by atoms with van der Waals surface area (Å²) in [5.41, 5.74) is 2.09. The Morgan fingerprint density at radius 3 is 2.10 bits per heavy atom. The van der Waals surface area contributed by atoms with Gasteiger partial charge in [0, 0.05) is 3.57 Å². The van der Waals surface area contributed by atoms with Crippen molar-refractivity contribution >= 4 is 49.6 Å². The number of aromatic nitrogens is 2. The van der Waals surface area contributed by atoms with Crippen LogP contribution in [0.1, 0.15) is 16.0 Å². The fraction of sp³-hybridized carbons (Fsp3) is 0.0667. The molecule has 0 aliphatic rings. The Hall–Kier alpha value is -1.41. The number of halogens is 2. The third-order valence-electron chi connectivity index (χ3n) is 3.20. The summed E-state index contributed by atoms with van der Waals surface area (Å²) < 4.78 is 1.18. The molecule has 6 heteroatoms. The smallest absolute Gasteiger partial charge is 0.314 e. The molecule has 0 spiro atoms. The van der Waals surface area contributed by atoms with Crippen molar-refractivity contribution in [2.24, 2.45) is 0 Å². The molecule has 0 saturated heterocycles. The van der Waals surface area contributed by atoms with Gasteiger partial charge < -0.3 is 9.97 Å². The zero-order valence-corrected chi connectivity index (χ0v) is 14.4. The molecular weight excluding hydrogens is 447 g/mol. The second-order valence-corrected chi connectivity index (χ2v) is 6.79. The molecule has 3 rings (SSSR count). The lowest BCUT2D eigenvalue weighted by Crippen LogP contribution is -2.28. The molecule has 3 aromatic rings. The fourth-order valence-corrected chi connectivity index (χ4v) is 3.06. The molecule has 0 saturated carbocycles. The standard InChI is InChI=1S/C15H10BrIN2O2/c16-13(8-1-4-10(17)5-2-8)9-3-6-11-12(7-9)19-15(21)14(20)18-11/h1-7,13H,(H,18,20)(H,19,21). The van der Waals surface area contributed by atoms with Crippen LogP contribution >= 0.6 is 38.5 Å². The number of hydrogen-bond donors (Lipinski definition) is 2. The van der Waals surface area contributed by atoms with Crippen molar-refractivity contribution in [1.29, 1.82) is 0 Å². The zero-order valence-electron chi connectivity index (χ0n) is 10.7. The lowest BCUT2D eigenvalue weighted by molar-refractivity contribution is 1.13. The Balaban J connectivity index is 2.08. The molecule has 21 heavy (non-hydrogen) atoms. The van der Waals surface area contributed by atoms with Gasteiger partial charge in [0.25, 0.3) is 0 Å². The molecule has 0 aliphatic heterocycles. The van der Waals surface area contributed by atoms with Crippen LogP contribution in [-0.2, 0) is 0 Å². The van der Waals surface area contributed by atoms with E-state index in [0.29, 0.717) is 11.0 Å². The van der Waals surface area contributed by atoms with E-state index in [1.165, 1.54) is 3.57 Å². The molecule has 0 radical (unpaired) electrons. The van der Waals surface area contributed by atoms with Crippen LogP contribution in [-0.4, -0.2) is 9.97 Å². The van der Waals surface area contributed by atoms with Gasteiger partial charge in [-0.05, 0) is 58.0 Å². The van der Waals surface area contributed by atoms with Crippen LogP contribution in [0, 0.1) is 3.57 Å². The van der Waals surface area contributed by atoms with E-state index < -0.39 is 11.1 Å². The van der Waals surface area contributed by atoms with Gasteiger partial charge in [-0.15, -0.1) is 0 Å². The van der Waals surface area contributed by atoms with Crippen molar-refractivity contribution in [1.82, 2.24) is 9.97 Å². The predicted octanol–water partition coefficient (Wildman–Crippen LogP) is 3.31.